The summed E-state index contributed by atoms with van der Waals surface area (Å²) >= 11 is 0. The fourth-order valence-electron chi connectivity index (χ4n) is 0. The average molecular weight is 194 g/mol. The fraction of sp³-hybridized carbons (Fsp3) is 1.00. The molecule has 5 heteroatoms. The molecule has 0 radical (unpaired) electrons. The molecule has 2 nitrogen and oxygen atoms in total. The average Bonchev–Trinajstić information content (AvgIpc) is 1.37. The summed E-state index contributed by atoms with van der Waals surface area (Å²) < 4.78 is 0. The van der Waals surface area contributed by atoms with Crippen molar-refractivity contribution in [2.24, 2.45) is 11.5 Å². The van der Waals surface area contributed by atoms with Crippen LogP contribution < -0.4 is 70.6 Å². The Kier molecular flexibility index (Phi) is 72.9. The van der Waals surface area contributed by atoms with Crippen LogP contribution in [0.4, 0.5) is 0 Å². The summed E-state index contributed by atoms with van der Waals surface area (Å²) in [5.41, 5.74) is 9.81. The second-order valence-electron chi connectivity index (χ2n) is 0.577. The van der Waals surface area contributed by atoms with E-state index in [4.69, 9.17) is 11.5 Å². The maximum atomic E-state index is 4.90. The third-order valence-corrected chi connectivity index (χ3v) is 0.167. The first kappa shape index (κ1) is 22.4. The van der Waals surface area contributed by atoms with Gasteiger partial charge in [0.25, 0.3) is 0 Å². The summed E-state index contributed by atoms with van der Waals surface area (Å²) in [5.74, 6) is 0. The van der Waals surface area contributed by atoms with Gasteiger partial charge in [-0.2, -0.15) is 0 Å². The van der Waals surface area contributed by atoms with Gasteiger partial charge in [0.15, 0.2) is 0 Å². The Bertz CT molecular complexity index is 15.7. The van der Waals surface area contributed by atoms with Gasteiger partial charge in [-0.3, -0.25) is 0 Å². The zero-order valence-electron chi connectivity index (χ0n) is 5.28. The molecule has 0 aromatic carbocycles. The molecule has 0 aromatic rings. The molecule has 0 saturated heterocycles. The van der Waals surface area contributed by atoms with Crippen molar-refractivity contribution in [1.82, 2.24) is 0 Å². The molecule has 0 amide bonds. The van der Waals surface area contributed by atoms with E-state index in [2.05, 4.69) is 0 Å². The van der Waals surface area contributed by atoms with Gasteiger partial charge in [-0.05, 0) is 0 Å². The van der Waals surface area contributed by atoms with E-state index in [9.17, 15) is 0 Å². The van der Waals surface area contributed by atoms with Crippen LogP contribution in [0, 0.1) is 0 Å². The van der Waals surface area contributed by atoms with E-state index in [1.165, 1.54) is 0 Å². The summed E-state index contributed by atoms with van der Waals surface area (Å²) in [6, 6.07) is 0. The minimum atomic E-state index is 0. The van der Waals surface area contributed by atoms with Crippen molar-refractivity contribution >= 4 is 45.5 Å². The van der Waals surface area contributed by atoms with E-state index in [0.29, 0.717) is 13.1 Å². The second kappa shape index (κ2) is 22.7. The van der Waals surface area contributed by atoms with Gasteiger partial charge in [-0.1, -0.05) is 0 Å². The van der Waals surface area contributed by atoms with Gasteiger partial charge in [0.2, 0.25) is 0 Å². The van der Waals surface area contributed by atoms with Crippen LogP contribution >= 0.6 is 0 Å². The molecule has 0 aromatic heterocycles. The zero-order chi connectivity index (χ0) is 3.41. The molecule has 0 unspecified atom stereocenters. The maximum absolute atomic E-state index is 4.90. The van der Waals surface area contributed by atoms with Crippen molar-refractivity contribution in [3.05, 3.63) is 0 Å². The van der Waals surface area contributed by atoms with Crippen molar-refractivity contribution < 1.29 is 59.1 Å². The van der Waals surface area contributed by atoms with Crippen molar-refractivity contribution in [3.63, 3.8) is 0 Å². The molecule has 0 rings (SSSR count). The van der Waals surface area contributed by atoms with Gasteiger partial charge in [-0.25, -0.2) is 0 Å². The Balaban J connectivity index is -0.0000000150. The predicted octanol–water partition coefficient (Wildman–Crippen LogP) is -7.47. The minimum Gasteiger partial charge on any atom is -0.329 e. The summed E-state index contributed by atoms with van der Waals surface area (Å²) in [7, 11) is 0. The van der Waals surface area contributed by atoms with Gasteiger partial charge < -0.3 is 11.5 Å². The van der Waals surface area contributed by atoms with Crippen LogP contribution in [-0.4, -0.2) is 58.6 Å². The molecule has 0 fully saturated rings. The molecule has 0 bridgehead atoms. The Morgan fingerprint density at radius 3 is 1.00 bits per heavy atom. The summed E-state index contributed by atoms with van der Waals surface area (Å²) in [6.45, 7) is 1.19. The molecule has 0 atom stereocenters. The van der Waals surface area contributed by atoms with E-state index < -0.39 is 0 Å². The van der Waals surface area contributed by atoms with Crippen LogP contribution in [0.15, 0.2) is 0 Å². The molecule has 0 saturated carbocycles. The van der Waals surface area contributed by atoms with Gasteiger partial charge in [0.05, 0.1) is 0 Å². The van der Waals surface area contributed by atoms with Gasteiger partial charge >= 0.3 is 105 Å². The molecule has 0 aliphatic rings. The largest absolute Gasteiger partial charge is 2.00 e. The molecular weight excluding hydrogens is 186 g/mol. The summed E-state index contributed by atoms with van der Waals surface area (Å²) in [5, 5.41) is 0. The summed E-state index contributed by atoms with van der Waals surface area (Å²) in [4.78, 5) is 0. The van der Waals surface area contributed by atoms with Crippen LogP contribution in [0.5, 0.6) is 0 Å². The standard InChI is InChI=1S/C2H8N2.2Na.Sr/c3-1-2-4;;;/h1-4H2;;;/q;2*+1;+2. The van der Waals surface area contributed by atoms with Crippen LogP contribution in [0.1, 0.15) is 0 Å². The number of hydrogen-bond donors (Lipinski definition) is 2. The molecule has 0 aliphatic heterocycles. The monoisotopic (exact) mass is 194 g/mol. The topological polar surface area (TPSA) is 52.0 Å². The molecule has 0 aliphatic carbocycles. The van der Waals surface area contributed by atoms with E-state index in [1.807, 2.05) is 0 Å². The molecule has 26 valence electrons. The number of rotatable bonds is 1. The van der Waals surface area contributed by atoms with Crippen molar-refractivity contribution in [2.45, 2.75) is 0 Å². The van der Waals surface area contributed by atoms with E-state index in [0.717, 1.165) is 0 Å². The Morgan fingerprint density at radius 2 is 1.00 bits per heavy atom. The molecule has 7 heavy (non-hydrogen) atoms. The van der Waals surface area contributed by atoms with Crippen LogP contribution in [0.3, 0.4) is 0 Å². The second-order valence-corrected chi connectivity index (χ2v) is 0.577. The summed E-state index contributed by atoms with van der Waals surface area (Å²) in [6.07, 6.45) is 0. The smallest absolute Gasteiger partial charge is 0.329 e. The van der Waals surface area contributed by atoms with Gasteiger partial charge in [0.1, 0.15) is 0 Å². The third-order valence-electron chi connectivity index (χ3n) is 0.167. The van der Waals surface area contributed by atoms with E-state index in [-0.39, 0.29) is 105 Å². The first-order chi connectivity index (χ1) is 1.91. The number of nitrogens with two attached hydrogens (primary N) is 2. The van der Waals surface area contributed by atoms with Gasteiger partial charge in [-0.15, -0.1) is 0 Å². The quantitative estimate of drug-likeness (QED) is 0.407. The van der Waals surface area contributed by atoms with Crippen LogP contribution in [-0.2, 0) is 0 Å². The van der Waals surface area contributed by atoms with Crippen molar-refractivity contribution in [3.8, 4) is 0 Å². The maximum Gasteiger partial charge on any atom is 2.00 e. The third kappa shape index (κ3) is 26.6. The van der Waals surface area contributed by atoms with E-state index >= 15 is 0 Å². The molecular formula is C2H8N2Na2Sr+4. The minimum absolute atomic E-state index is 0. The normalized spacial score (nSPS) is 4.29. The zero-order valence-corrected chi connectivity index (χ0v) is 12.8. The number of hydrogen-bond acceptors (Lipinski definition) is 2. The van der Waals surface area contributed by atoms with E-state index in [1.54, 1.807) is 0 Å². The van der Waals surface area contributed by atoms with Crippen LogP contribution in [0.2, 0.25) is 0 Å². The first-order valence-corrected chi connectivity index (χ1v) is 1.32. The fourth-order valence-corrected chi connectivity index (χ4v) is 0. The molecule has 0 spiro atoms. The molecule has 0 heterocycles. The predicted molar refractivity (Wildman–Crippen MR) is 23.9 cm³/mol. The molecule has 4 N–H and O–H groups in total. The van der Waals surface area contributed by atoms with Gasteiger partial charge in [0, 0.05) is 13.1 Å². The first-order valence-electron chi connectivity index (χ1n) is 1.32. The Morgan fingerprint density at radius 1 is 0.857 bits per heavy atom. The van der Waals surface area contributed by atoms with Crippen molar-refractivity contribution in [1.29, 1.82) is 0 Å². The van der Waals surface area contributed by atoms with Crippen LogP contribution in [0.25, 0.3) is 0 Å². The SMILES string of the molecule is NCCN.[Na+].[Na+].[Sr+2]. The Hall–Kier alpha value is 3.40. The van der Waals surface area contributed by atoms with Crippen molar-refractivity contribution in [2.75, 3.05) is 13.1 Å². The Labute approximate surface area is 126 Å².